The van der Waals surface area contributed by atoms with Crippen molar-refractivity contribution < 1.29 is 23.8 Å². The van der Waals surface area contributed by atoms with Crippen molar-refractivity contribution in [2.75, 3.05) is 32.4 Å². The van der Waals surface area contributed by atoms with E-state index in [0.29, 0.717) is 16.7 Å². The van der Waals surface area contributed by atoms with Crippen molar-refractivity contribution in [3.63, 3.8) is 0 Å². The van der Waals surface area contributed by atoms with E-state index in [0.717, 1.165) is 48.7 Å². The van der Waals surface area contributed by atoms with E-state index in [1.807, 2.05) is 0 Å². The first-order valence-electron chi connectivity index (χ1n) is 9.35. The van der Waals surface area contributed by atoms with Crippen molar-refractivity contribution in [3.8, 4) is 11.5 Å². The lowest BCUT2D eigenvalue weighted by atomic mass is 9.97. The van der Waals surface area contributed by atoms with Gasteiger partial charge in [-0.2, -0.15) is 0 Å². The third-order valence-electron chi connectivity index (χ3n) is 4.71. The lowest BCUT2D eigenvalue weighted by Crippen LogP contribution is -2.22. The van der Waals surface area contributed by atoms with Gasteiger partial charge in [0.15, 0.2) is 16.7 Å². The largest absolute Gasteiger partial charge is 0.493 e. The molecule has 160 valence electrons. The van der Waals surface area contributed by atoms with Crippen LogP contribution >= 0.6 is 11.8 Å². The summed E-state index contributed by atoms with van der Waals surface area (Å²) >= 11 is 1.12. The van der Waals surface area contributed by atoms with Gasteiger partial charge in [0.1, 0.15) is 0 Å². The summed E-state index contributed by atoms with van der Waals surface area (Å²) in [7, 11) is 4.15. The Morgan fingerprint density at radius 2 is 1.83 bits per heavy atom. The van der Waals surface area contributed by atoms with Crippen molar-refractivity contribution in [1.82, 2.24) is 9.97 Å². The first kappa shape index (κ1) is 21.7. The predicted octanol–water partition coefficient (Wildman–Crippen LogP) is 2.18. The molecule has 0 aliphatic heterocycles. The first-order valence-corrected chi connectivity index (χ1v) is 10.3. The van der Waals surface area contributed by atoms with Gasteiger partial charge >= 0.3 is 5.97 Å². The summed E-state index contributed by atoms with van der Waals surface area (Å²) in [6, 6.07) is 2.93. The van der Waals surface area contributed by atoms with Gasteiger partial charge in [-0.3, -0.25) is 9.59 Å². The number of ether oxygens (including phenoxy) is 3. The minimum atomic E-state index is -0.625. The number of hydrogen-bond donors (Lipinski definition) is 2. The van der Waals surface area contributed by atoms with E-state index in [2.05, 4.69) is 15.3 Å². The minimum Gasteiger partial charge on any atom is -0.493 e. The number of aromatic nitrogens is 2. The third kappa shape index (κ3) is 4.76. The molecule has 2 N–H and O–H groups in total. The smallest absolute Gasteiger partial charge is 0.340 e. The number of methoxy groups -OCH3 is 3. The average Bonchev–Trinajstić information content (AvgIpc) is 2.76. The Bertz CT molecular complexity index is 1020. The van der Waals surface area contributed by atoms with E-state index in [4.69, 9.17) is 14.2 Å². The highest BCUT2D eigenvalue weighted by atomic mass is 32.2. The molecule has 1 aromatic heterocycles. The molecule has 9 nitrogen and oxygen atoms in total. The van der Waals surface area contributed by atoms with Crippen LogP contribution in [0, 0.1) is 0 Å². The fourth-order valence-corrected chi connectivity index (χ4v) is 3.91. The van der Waals surface area contributed by atoms with Crippen LogP contribution < -0.4 is 20.3 Å². The molecule has 30 heavy (non-hydrogen) atoms. The number of thioether (sulfide) groups is 1. The summed E-state index contributed by atoms with van der Waals surface area (Å²) in [6.45, 7) is 0. The molecule has 1 aromatic carbocycles. The molecule has 1 amide bonds. The molecule has 0 fully saturated rings. The molecule has 0 radical (unpaired) electrons. The summed E-state index contributed by atoms with van der Waals surface area (Å²) in [6.07, 6.45) is 3.50. The second kappa shape index (κ2) is 9.66. The normalized spacial score (nSPS) is 12.6. The van der Waals surface area contributed by atoms with Gasteiger partial charge in [0, 0.05) is 17.7 Å². The van der Waals surface area contributed by atoms with Crippen molar-refractivity contribution in [1.29, 1.82) is 0 Å². The lowest BCUT2D eigenvalue weighted by molar-refractivity contribution is -0.113. The van der Waals surface area contributed by atoms with E-state index < -0.39 is 5.97 Å². The molecule has 0 unspecified atom stereocenters. The molecule has 10 heteroatoms. The standard InChI is InChI=1S/C20H23N3O6S/c1-27-15-8-12(19(26)29-3)14(9-16(15)28-2)21-17(24)10-30-20-22-13-7-5-4-6-11(13)18(25)23-20/h8-9H,4-7,10H2,1-3H3,(H,21,24)(H,22,23,25). The summed E-state index contributed by atoms with van der Waals surface area (Å²) in [5.41, 5.74) is 1.77. The van der Waals surface area contributed by atoms with Crippen molar-refractivity contribution in [2.45, 2.75) is 30.8 Å². The van der Waals surface area contributed by atoms with Crippen molar-refractivity contribution in [3.05, 3.63) is 39.3 Å². The maximum absolute atomic E-state index is 12.5. The van der Waals surface area contributed by atoms with E-state index in [1.54, 1.807) is 0 Å². The van der Waals surface area contributed by atoms with Crippen molar-refractivity contribution in [2.24, 2.45) is 0 Å². The Hall–Kier alpha value is -3.01. The average molecular weight is 433 g/mol. The van der Waals surface area contributed by atoms with Gasteiger partial charge in [-0.25, -0.2) is 9.78 Å². The van der Waals surface area contributed by atoms with Crippen LogP contribution in [-0.4, -0.2) is 48.9 Å². The zero-order chi connectivity index (χ0) is 21.7. The highest BCUT2D eigenvalue weighted by Gasteiger charge is 2.20. The number of carbonyl (C=O) groups excluding carboxylic acids is 2. The van der Waals surface area contributed by atoms with Gasteiger partial charge in [-0.1, -0.05) is 11.8 Å². The SMILES string of the molecule is COC(=O)c1cc(OC)c(OC)cc1NC(=O)CSc1nc2c(c(=O)[nH]1)CCCC2. The van der Waals surface area contributed by atoms with E-state index in [-0.39, 0.29) is 28.5 Å². The second-order valence-electron chi connectivity index (χ2n) is 6.58. The first-order chi connectivity index (χ1) is 14.5. The Labute approximate surface area is 177 Å². The summed E-state index contributed by atoms with van der Waals surface area (Å²) in [5.74, 6) is -0.316. The number of benzene rings is 1. The number of nitrogens with zero attached hydrogens (tertiary/aromatic N) is 1. The molecule has 0 saturated carbocycles. The Morgan fingerprint density at radius 1 is 1.13 bits per heavy atom. The lowest BCUT2D eigenvalue weighted by Gasteiger charge is -2.15. The molecule has 0 saturated heterocycles. The number of anilines is 1. The molecular weight excluding hydrogens is 410 g/mol. The van der Waals surface area contributed by atoms with E-state index in [9.17, 15) is 14.4 Å². The Balaban J connectivity index is 1.75. The Morgan fingerprint density at radius 3 is 2.53 bits per heavy atom. The monoisotopic (exact) mass is 433 g/mol. The van der Waals surface area contributed by atoms with Gasteiger partial charge in [-0.15, -0.1) is 0 Å². The maximum atomic E-state index is 12.5. The van der Waals surface area contributed by atoms with Gasteiger partial charge in [0.05, 0.1) is 44.0 Å². The number of H-pyrrole nitrogens is 1. The number of amides is 1. The molecule has 0 atom stereocenters. The third-order valence-corrected chi connectivity index (χ3v) is 5.59. The molecule has 0 bridgehead atoms. The fourth-order valence-electron chi connectivity index (χ4n) is 3.23. The number of esters is 1. The number of carbonyl (C=O) groups is 2. The van der Waals surface area contributed by atoms with Gasteiger partial charge in [0.25, 0.3) is 5.56 Å². The van der Waals surface area contributed by atoms with Crippen LogP contribution in [0.25, 0.3) is 0 Å². The summed E-state index contributed by atoms with van der Waals surface area (Å²) in [5, 5.41) is 3.08. The molecule has 2 aromatic rings. The topological polar surface area (TPSA) is 120 Å². The summed E-state index contributed by atoms with van der Waals surface area (Å²) in [4.78, 5) is 44.0. The molecule has 0 spiro atoms. The number of nitrogens with one attached hydrogen (secondary N) is 2. The van der Waals surface area contributed by atoms with Crippen LogP contribution in [-0.2, 0) is 22.4 Å². The van der Waals surface area contributed by atoms with Gasteiger partial charge < -0.3 is 24.5 Å². The molecule has 1 heterocycles. The van der Waals surface area contributed by atoms with Gasteiger partial charge in [-0.05, 0) is 25.7 Å². The predicted molar refractivity (Wildman–Crippen MR) is 112 cm³/mol. The number of rotatable bonds is 7. The number of fused-ring (bicyclic) bond motifs is 1. The number of hydrogen-bond acceptors (Lipinski definition) is 8. The van der Waals surface area contributed by atoms with E-state index >= 15 is 0 Å². The van der Waals surface area contributed by atoms with E-state index in [1.165, 1.54) is 33.5 Å². The van der Waals surface area contributed by atoms with Crippen LogP contribution in [0.1, 0.15) is 34.5 Å². The molecular formula is C20H23N3O6S. The number of aryl methyl sites for hydroxylation is 1. The quantitative estimate of drug-likeness (QED) is 0.387. The van der Waals surface area contributed by atoms with Crippen LogP contribution in [0.5, 0.6) is 11.5 Å². The maximum Gasteiger partial charge on any atom is 0.340 e. The highest BCUT2D eigenvalue weighted by Crippen LogP contribution is 2.34. The number of aromatic amines is 1. The molecule has 3 rings (SSSR count). The minimum absolute atomic E-state index is 0.00329. The van der Waals surface area contributed by atoms with Crippen LogP contribution in [0.2, 0.25) is 0 Å². The second-order valence-corrected chi connectivity index (χ2v) is 7.55. The molecule has 1 aliphatic rings. The van der Waals surface area contributed by atoms with Crippen molar-refractivity contribution >= 4 is 29.3 Å². The van der Waals surface area contributed by atoms with Crippen LogP contribution in [0.3, 0.4) is 0 Å². The highest BCUT2D eigenvalue weighted by molar-refractivity contribution is 7.99. The zero-order valence-corrected chi connectivity index (χ0v) is 17.8. The molecule has 1 aliphatic carbocycles. The van der Waals surface area contributed by atoms with Crippen LogP contribution in [0.15, 0.2) is 22.1 Å². The Kier molecular flexibility index (Phi) is 6.99. The fraction of sp³-hybridized carbons (Fsp3) is 0.400. The van der Waals surface area contributed by atoms with Crippen LogP contribution in [0.4, 0.5) is 5.69 Å². The van der Waals surface area contributed by atoms with Gasteiger partial charge in [0.2, 0.25) is 5.91 Å². The zero-order valence-electron chi connectivity index (χ0n) is 17.0. The summed E-state index contributed by atoms with van der Waals surface area (Å²) < 4.78 is 15.2.